The molecule has 1 aromatic rings. The van der Waals surface area contributed by atoms with Gasteiger partial charge >= 0.3 is 5.97 Å². The summed E-state index contributed by atoms with van der Waals surface area (Å²) < 4.78 is 18.0. The molecule has 0 aromatic heterocycles. The number of alkyl halides is 1. The zero-order valence-electron chi connectivity index (χ0n) is 11.5. The standard InChI is InChI=1S/C13H13Cl2FN2O4/c1-22-10(19)2-3-17-12(20)11(16)13(21)18-9-5-7(14)4-8(15)6-9/h4-6,11H,2-3H2,1H3,(H,17,20)(H,18,21). The first-order valence-corrected chi connectivity index (χ1v) is 6.84. The van der Waals surface area contributed by atoms with Gasteiger partial charge in [0.1, 0.15) is 0 Å². The van der Waals surface area contributed by atoms with Crippen molar-refractivity contribution >= 4 is 46.7 Å². The fourth-order valence-corrected chi connectivity index (χ4v) is 1.96. The summed E-state index contributed by atoms with van der Waals surface area (Å²) in [4.78, 5) is 33.9. The minimum Gasteiger partial charge on any atom is -0.469 e. The maximum absolute atomic E-state index is 13.7. The van der Waals surface area contributed by atoms with Gasteiger partial charge in [-0.25, -0.2) is 4.39 Å². The number of hydrogen-bond donors (Lipinski definition) is 2. The molecule has 0 saturated carbocycles. The number of anilines is 1. The van der Waals surface area contributed by atoms with Crippen LogP contribution in [-0.4, -0.2) is 37.6 Å². The van der Waals surface area contributed by atoms with Crippen molar-refractivity contribution in [3.8, 4) is 0 Å². The number of hydrogen-bond acceptors (Lipinski definition) is 4. The molecule has 1 unspecified atom stereocenters. The second kappa shape index (κ2) is 8.55. The van der Waals surface area contributed by atoms with E-state index in [-0.39, 0.29) is 28.7 Å². The molecule has 2 amide bonds. The first-order valence-electron chi connectivity index (χ1n) is 6.09. The van der Waals surface area contributed by atoms with E-state index in [1.165, 1.54) is 25.3 Å². The van der Waals surface area contributed by atoms with E-state index in [1.807, 2.05) is 0 Å². The molecule has 0 radical (unpaired) electrons. The second-order valence-corrected chi connectivity index (χ2v) is 5.00. The molecule has 2 N–H and O–H groups in total. The van der Waals surface area contributed by atoms with E-state index in [9.17, 15) is 18.8 Å². The van der Waals surface area contributed by atoms with E-state index in [4.69, 9.17) is 23.2 Å². The van der Waals surface area contributed by atoms with Gasteiger partial charge in [0.2, 0.25) is 0 Å². The fourth-order valence-electron chi connectivity index (χ4n) is 1.43. The Morgan fingerprint density at radius 1 is 1.18 bits per heavy atom. The molecule has 1 aromatic carbocycles. The van der Waals surface area contributed by atoms with E-state index < -0.39 is 24.0 Å². The predicted molar refractivity (Wildman–Crippen MR) is 79.6 cm³/mol. The SMILES string of the molecule is COC(=O)CCNC(=O)C(F)C(=O)Nc1cc(Cl)cc(Cl)c1. The highest BCUT2D eigenvalue weighted by Gasteiger charge is 2.26. The monoisotopic (exact) mass is 350 g/mol. The third kappa shape index (κ3) is 5.87. The summed E-state index contributed by atoms with van der Waals surface area (Å²) in [5.74, 6) is -2.89. The summed E-state index contributed by atoms with van der Waals surface area (Å²) >= 11 is 11.5. The molecule has 22 heavy (non-hydrogen) atoms. The first kappa shape index (κ1) is 18.2. The lowest BCUT2D eigenvalue weighted by Gasteiger charge is -2.10. The largest absolute Gasteiger partial charge is 0.469 e. The molecule has 0 heterocycles. The van der Waals surface area contributed by atoms with Crippen molar-refractivity contribution in [1.29, 1.82) is 0 Å². The van der Waals surface area contributed by atoms with Gasteiger partial charge in [-0.1, -0.05) is 23.2 Å². The lowest BCUT2D eigenvalue weighted by atomic mass is 10.2. The molecule has 0 bridgehead atoms. The normalized spacial score (nSPS) is 11.5. The van der Waals surface area contributed by atoms with Crippen LogP contribution in [0, 0.1) is 0 Å². The summed E-state index contributed by atoms with van der Waals surface area (Å²) in [5, 5.41) is 4.79. The smallest absolute Gasteiger partial charge is 0.307 e. The Balaban J connectivity index is 2.53. The van der Waals surface area contributed by atoms with Crippen LogP contribution in [0.4, 0.5) is 10.1 Å². The van der Waals surface area contributed by atoms with Gasteiger partial charge < -0.3 is 15.4 Å². The average Bonchev–Trinajstić information content (AvgIpc) is 2.44. The number of rotatable bonds is 6. The summed E-state index contributed by atoms with van der Waals surface area (Å²) in [6.07, 6.45) is -2.56. The van der Waals surface area contributed by atoms with Gasteiger partial charge in [0, 0.05) is 22.3 Å². The fraction of sp³-hybridized carbons (Fsp3) is 0.308. The molecule has 0 spiro atoms. The van der Waals surface area contributed by atoms with Gasteiger partial charge in [-0.3, -0.25) is 14.4 Å². The first-order chi connectivity index (χ1) is 10.3. The number of nitrogens with one attached hydrogen (secondary N) is 2. The molecule has 6 nitrogen and oxygen atoms in total. The molecule has 9 heteroatoms. The Morgan fingerprint density at radius 3 is 2.32 bits per heavy atom. The van der Waals surface area contributed by atoms with Crippen LogP contribution in [0.15, 0.2) is 18.2 Å². The number of ether oxygens (including phenoxy) is 1. The van der Waals surface area contributed by atoms with Crippen molar-refractivity contribution in [2.75, 3.05) is 19.0 Å². The molecule has 120 valence electrons. The summed E-state index contributed by atoms with van der Waals surface area (Å²) in [6.45, 7) is -0.137. The number of carbonyl (C=O) groups is 3. The minimum absolute atomic E-state index is 0.125. The summed E-state index contributed by atoms with van der Waals surface area (Å²) in [6, 6.07) is 4.14. The van der Waals surface area contributed by atoms with Gasteiger partial charge in [0.05, 0.1) is 13.5 Å². The highest BCUT2D eigenvalue weighted by atomic mass is 35.5. The Labute approximate surface area is 135 Å². The molecular formula is C13H13Cl2FN2O4. The number of benzene rings is 1. The molecule has 1 atom stereocenters. The Morgan fingerprint density at radius 2 is 1.77 bits per heavy atom. The van der Waals surface area contributed by atoms with E-state index >= 15 is 0 Å². The molecule has 1 rings (SSSR count). The van der Waals surface area contributed by atoms with Crippen LogP contribution < -0.4 is 10.6 Å². The van der Waals surface area contributed by atoms with Gasteiger partial charge in [-0.05, 0) is 18.2 Å². The Hall–Kier alpha value is -1.86. The van der Waals surface area contributed by atoms with Crippen LogP contribution in [-0.2, 0) is 19.1 Å². The van der Waals surface area contributed by atoms with Crippen molar-refractivity contribution in [3.63, 3.8) is 0 Å². The Kier molecular flexibility index (Phi) is 7.07. The topological polar surface area (TPSA) is 84.5 Å². The number of halogens is 3. The van der Waals surface area contributed by atoms with Crippen LogP contribution >= 0.6 is 23.2 Å². The molecule has 0 aliphatic heterocycles. The highest BCUT2D eigenvalue weighted by molar-refractivity contribution is 6.35. The van der Waals surface area contributed by atoms with Crippen molar-refractivity contribution in [1.82, 2.24) is 5.32 Å². The number of methoxy groups -OCH3 is 1. The van der Waals surface area contributed by atoms with Gasteiger partial charge in [0.15, 0.2) is 0 Å². The van der Waals surface area contributed by atoms with Crippen molar-refractivity contribution in [2.24, 2.45) is 0 Å². The quantitative estimate of drug-likeness (QED) is 0.606. The van der Waals surface area contributed by atoms with Crippen molar-refractivity contribution < 1.29 is 23.5 Å². The molecule has 0 saturated heterocycles. The maximum Gasteiger partial charge on any atom is 0.307 e. The molecular weight excluding hydrogens is 338 g/mol. The lowest BCUT2D eigenvalue weighted by Crippen LogP contribution is -2.40. The Bertz CT molecular complexity index is 563. The van der Waals surface area contributed by atoms with E-state index in [0.29, 0.717) is 0 Å². The molecule has 0 aliphatic carbocycles. The number of carbonyl (C=O) groups excluding carboxylic acids is 3. The van der Waals surface area contributed by atoms with Gasteiger partial charge in [-0.15, -0.1) is 0 Å². The van der Waals surface area contributed by atoms with Crippen LogP contribution in [0.5, 0.6) is 0 Å². The van der Waals surface area contributed by atoms with E-state index in [0.717, 1.165) is 0 Å². The maximum atomic E-state index is 13.7. The van der Waals surface area contributed by atoms with Crippen LogP contribution in [0.25, 0.3) is 0 Å². The summed E-state index contributed by atoms with van der Waals surface area (Å²) in [5.41, 5.74) is 0.160. The van der Waals surface area contributed by atoms with Crippen LogP contribution in [0.3, 0.4) is 0 Å². The van der Waals surface area contributed by atoms with E-state index in [2.05, 4.69) is 15.4 Å². The van der Waals surface area contributed by atoms with Gasteiger partial charge in [-0.2, -0.15) is 0 Å². The third-order valence-electron chi connectivity index (χ3n) is 2.45. The van der Waals surface area contributed by atoms with Crippen LogP contribution in [0.2, 0.25) is 10.0 Å². The zero-order chi connectivity index (χ0) is 16.7. The zero-order valence-corrected chi connectivity index (χ0v) is 13.0. The third-order valence-corrected chi connectivity index (χ3v) is 2.88. The minimum atomic E-state index is -2.43. The van der Waals surface area contributed by atoms with Gasteiger partial charge in [0.25, 0.3) is 18.0 Å². The highest BCUT2D eigenvalue weighted by Crippen LogP contribution is 2.22. The summed E-state index contributed by atoms with van der Waals surface area (Å²) in [7, 11) is 1.19. The van der Waals surface area contributed by atoms with Crippen molar-refractivity contribution in [2.45, 2.75) is 12.6 Å². The molecule has 0 fully saturated rings. The lowest BCUT2D eigenvalue weighted by molar-refractivity contribution is -0.140. The van der Waals surface area contributed by atoms with Crippen molar-refractivity contribution in [3.05, 3.63) is 28.2 Å². The average molecular weight is 351 g/mol. The van der Waals surface area contributed by atoms with Crippen LogP contribution in [0.1, 0.15) is 6.42 Å². The van der Waals surface area contributed by atoms with E-state index in [1.54, 1.807) is 0 Å². The predicted octanol–water partition coefficient (Wildman–Crippen LogP) is 1.95. The number of amides is 2. The number of esters is 1. The second-order valence-electron chi connectivity index (χ2n) is 4.13. The molecule has 0 aliphatic rings.